The zero-order valence-electron chi connectivity index (χ0n) is 7.47. The average molecular weight is 153 g/mol. The highest BCUT2D eigenvalue weighted by molar-refractivity contribution is 5.09. The molecule has 0 unspecified atom stereocenters. The van der Waals surface area contributed by atoms with Gasteiger partial charge in [-0.05, 0) is 38.1 Å². The lowest BCUT2D eigenvalue weighted by Crippen LogP contribution is -2.13. The third kappa shape index (κ3) is 2.33. The summed E-state index contributed by atoms with van der Waals surface area (Å²) in [5, 5.41) is 0. The summed E-state index contributed by atoms with van der Waals surface area (Å²) >= 11 is 0. The lowest BCUT2D eigenvalue weighted by Gasteiger charge is -2.27. The van der Waals surface area contributed by atoms with Crippen LogP contribution >= 0.6 is 0 Å². The number of nitrogens with two attached hydrogens (primary N) is 1. The number of hydrogen-bond acceptors (Lipinski definition) is 1. The molecule has 0 heterocycles. The van der Waals surface area contributed by atoms with Gasteiger partial charge in [0.15, 0.2) is 0 Å². The molecule has 64 valence electrons. The van der Waals surface area contributed by atoms with E-state index in [1.54, 1.807) is 5.57 Å². The van der Waals surface area contributed by atoms with Gasteiger partial charge in [-0.15, -0.1) is 0 Å². The maximum Gasteiger partial charge on any atom is -0.00425 e. The Morgan fingerprint density at radius 1 is 1.55 bits per heavy atom. The van der Waals surface area contributed by atoms with Gasteiger partial charge >= 0.3 is 0 Å². The molecule has 0 radical (unpaired) electrons. The molecule has 1 rings (SSSR count). The van der Waals surface area contributed by atoms with E-state index in [0.717, 1.165) is 18.9 Å². The maximum absolute atomic E-state index is 5.45. The first-order valence-corrected chi connectivity index (χ1v) is 4.77. The van der Waals surface area contributed by atoms with E-state index in [0.29, 0.717) is 0 Å². The Labute approximate surface area is 69.7 Å². The van der Waals surface area contributed by atoms with Gasteiger partial charge < -0.3 is 5.73 Å². The molecule has 1 saturated carbocycles. The Balaban J connectivity index is 2.33. The van der Waals surface area contributed by atoms with Gasteiger partial charge in [0.05, 0.1) is 0 Å². The molecule has 0 bridgehead atoms. The van der Waals surface area contributed by atoms with Crippen LogP contribution < -0.4 is 5.73 Å². The highest BCUT2D eigenvalue weighted by Crippen LogP contribution is 2.34. The molecule has 0 spiro atoms. The van der Waals surface area contributed by atoms with Crippen molar-refractivity contribution in [2.45, 2.75) is 39.0 Å². The molecule has 0 aromatic rings. The molecule has 0 atom stereocenters. The molecule has 1 fully saturated rings. The van der Waals surface area contributed by atoms with Crippen molar-refractivity contribution in [3.8, 4) is 0 Å². The molecule has 0 aromatic heterocycles. The number of hydrogen-bond donors (Lipinski definition) is 1. The van der Waals surface area contributed by atoms with Crippen LogP contribution in [0.25, 0.3) is 0 Å². The third-order valence-electron chi connectivity index (χ3n) is 2.61. The largest absolute Gasteiger partial charge is 0.330 e. The second-order valence-corrected chi connectivity index (χ2v) is 3.34. The van der Waals surface area contributed by atoms with Crippen LogP contribution in [0.3, 0.4) is 0 Å². The third-order valence-corrected chi connectivity index (χ3v) is 2.61. The van der Waals surface area contributed by atoms with Crippen LogP contribution in [0, 0.1) is 5.92 Å². The van der Waals surface area contributed by atoms with Gasteiger partial charge in [-0.2, -0.15) is 0 Å². The Hall–Kier alpha value is -0.300. The van der Waals surface area contributed by atoms with E-state index in [2.05, 4.69) is 13.0 Å². The molecule has 2 N–H and O–H groups in total. The molecule has 0 aliphatic heterocycles. The van der Waals surface area contributed by atoms with Crippen LogP contribution in [0.2, 0.25) is 0 Å². The van der Waals surface area contributed by atoms with E-state index in [1.807, 2.05) is 0 Å². The minimum Gasteiger partial charge on any atom is -0.330 e. The summed E-state index contributed by atoms with van der Waals surface area (Å²) in [7, 11) is 0. The molecule has 11 heavy (non-hydrogen) atoms. The van der Waals surface area contributed by atoms with Gasteiger partial charge in [-0.25, -0.2) is 0 Å². The topological polar surface area (TPSA) is 26.0 Å². The summed E-state index contributed by atoms with van der Waals surface area (Å²) in [6, 6.07) is 0. The quantitative estimate of drug-likeness (QED) is 0.617. The summed E-state index contributed by atoms with van der Waals surface area (Å²) in [6.07, 6.45) is 8.92. The molecule has 1 aliphatic rings. The fourth-order valence-corrected chi connectivity index (χ4v) is 1.65. The van der Waals surface area contributed by atoms with Gasteiger partial charge in [0, 0.05) is 0 Å². The predicted octanol–water partition coefficient (Wildman–Crippen LogP) is 2.47. The van der Waals surface area contributed by atoms with Crippen LogP contribution in [-0.2, 0) is 0 Å². The monoisotopic (exact) mass is 153 g/mol. The molecule has 1 nitrogen and oxygen atoms in total. The first-order valence-electron chi connectivity index (χ1n) is 4.77. The summed E-state index contributed by atoms with van der Waals surface area (Å²) < 4.78 is 0. The predicted molar refractivity (Wildman–Crippen MR) is 49.4 cm³/mol. The van der Waals surface area contributed by atoms with E-state index in [9.17, 15) is 0 Å². The molecule has 1 aliphatic carbocycles. The van der Waals surface area contributed by atoms with Crippen molar-refractivity contribution >= 4 is 0 Å². The van der Waals surface area contributed by atoms with Crippen molar-refractivity contribution in [3.05, 3.63) is 11.6 Å². The van der Waals surface area contributed by atoms with Crippen molar-refractivity contribution in [3.63, 3.8) is 0 Å². The van der Waals surface area contributed by atoms with E-state index in [4.69, 9.17) is 5.73 Å². The SMILES string of the molecule is CC/C(=C\CCN)C1CCC1. The highest BCUT2D eigenvalue weighted by Gasteiger charge is 2.19. The van der Waals surface area contributed by atoms with Crippen molar-refractivity contribution < 1.29 is 0 Å². The second-order valence-electron chi connectivity index (χ2n) is 3.34. The fourth-order valence-electron chi connectivity index (χ4n) is 1.65. The summed E-state index contributed by atoms with van der Waals surface area (Å²) in [5.74, 6) is 0.923. The zero-order valence-corrected chi connectivity index (χ0v) is 7.47. The van der Waals surface area contributed by atoms with Crippen molar-refractivity contribution in [1.29, 1.82) is 0 Å². The second kappa shape index (κ2) is 4.55. The molecule has 1 heteroatoms. The smallest absolute Gasteiger partial charge is 0.00425 e. The molecular formula is C10H19N. The molecule has 0 saturated heterocycles. The summed E-state index contributed by atoms with van der Waals surface area (Å²) in [5.41, 5.74) is 7.10. The minimum atomic E-state index is 0.802. The first-order chi connectivity index (χ1) is 5.38. The zero-order chi connectivity index (χ0) is 8.10. The number of allylic oxidation sites excluding steroid dienone is 1. The van der Waals surface area contributed by atoms with Gasteiger partial charge in [0.1, 0.15) is 0 Å². The summed E-state index contributed by atoms with van der Waals surface area (Å²) in [6.45, 7) is 3.05. The standard InChI is InChI=1S/C10H19N/c1-2-9(7-4-8-11)10-5-3-6-10/h7,10H,2-6,8,11H2,1H3/b9-7+. The van der Waals surface area contributed by atoms with Crippen molar-refractivity contribution in [1.82, 2.24) is 0 Å². The van der Waals surface area contributed by atoms with Crippen LogP contribution in [0.15, 0.2) is 11.6 Å². The molecule has 0 amide bonds. The molecule has 0 aromatic carbocycles. The number of rotatable bonds is 4. The lowest BCUT2D eigenvalue weighted by molar-refractivity contribution is 0.360. The normalized spacial score (nSPS) is 20.0. The van der Waals surface area contributed by atoms with Crippen LogP contribution in [0.1, 0.15) is 39.0 Å². The lowest BCUT2D eigenvalue weighted by atomic mass is 9.78. The average Bonchev–Trinajstić information content (AvgIpc) is 1.93. The van der Waals surface area contributed by atoms with Gasteiger partial charge in [-0.3, -0.25) is 0 Å². The minimum absolute atomic E-state index is 0.802. The van der Waals surface area contributed by atoms with Crippen LogP contribution in [-0.4, -0.2) is 6.54 Å². The van der Waals surface area contributed by atoms with Gasteiger partial charge in [0.25, 0.3) is 0 Å². The first kappa shape index (κ1) is 8.79. The fraction of sp³-hybridized carbons (Fsp3) is 0.800. The van der Waals surface area contributed by atoms with E-state index in [1.165, 1.54) is 25.7 Å². The van der Waals surface area contributed by atoms with E-state index >= 15 is 0 Å². The van der Waals surface area contributed by atoms with Crippen molar-refractivity contribution in [2.24, 2.45) is 11.7 Å². The van der Waals surface area contributed by atoms with Crippen molar-refractivity contribution in [2.75, 3.05) is 6.54 Å². The Morgan fingerprint density at radius 3 is 2.64 bits per heavy atom. The van der Waals surface area contributed by atoms with Crippen LogP contribution in [0.4, 0.5) is 0 Å². The highest BCUT2D eigenvalue weighted by atomic mass is 14.5. The Bertz CT molecular complexity index is 134. The Morgan fingerprint density at radius 2 is 2.27 bits per heavy atom. The Kier molecular flexibility index (Phi) is 3.64. The maximum atomic E-state index is 5.45. The van der Waals surface area contributed by atoms with Crippen LogP contribution in [0.5, 0.6) is 0 Å². The van der Waals surface area contributed by atoms with E-state index < -0.39 is 0 Å². The van der Waals surface area contributed by atoms with E-state index in [-0.39, 0.29) is 0 Å². The van der Waals surface area contributed by atoms with Gasteiger partial charge in [-0.1, -0.05) is 25.0 Å². The van der Waals surface area contributed by atoms with Gasteiger partial charge in [0.2, 0.25) is 0 Å². The summed E-state index contributed by atoms with van der Waals surface area (Å²) in [4.78, 5) is 0. The molecular weight excluding hydrogens is 134 g/mol.